The Labute approximate surface area is 117 Å². The van der Waals surface area contributed by atoms with Gasteiger partial charge in [0.2, 0.25) is 10.0 Å². The van der Waals surface area contributed by atoms with Gasteiger partial charge in [0.15, 0.2) is 0 Å². The zero-order chi connectivity index (χ0) is 14.3. The standard InChI is InChI=1S/C12H18FNO3S2/c1-10-9-11(13)3-4-12(10)19(16,17)14-5-8-18-7-2-6-15/h3-4,9,14-15H,2,5-8H2,1H3. The monoisotopic (exact) mass is 307 g/mol. The number of halogens is 1. The van der Waals surface area contributed by atoms with Crippen LogP contribution in [0, 0.1) is 12.7 Å². The highest BCUT2D eigenvalue weighted by Gasteiger charge is 2.16. The summed E-state index contributed by atoms with van der Waals surface area (Å²) in [5.74, 6) is 0.990. The van der Waals surface area contributed by atoms with Gasteiger partial charge < -0.3 is 5.11 Å². The quantitative estimate of drug-likeness (QED) is 0.715. The molecule has 0 unspecified atom stereocenters. The van der Waals surface area contributed by atoms with E-state index in [1.165, 1.54) is 12.1 Å². The van der Waals surface area contributed by atoms with Crippen molar-refractivity contribution in [2.24, 2.45) is 0 Å². The van der Waals surface area contributed by atoms with E-state index in [1.54, 1.807) is 18.7 Å². The van der Waals surface area contributed by atoms with Gasteiger partial charge in [-0.1, -0.05) is 0 Å². The van der Waals surface area contributed by atoms with Gasteiger partial charge in [0.05, 0.1) is 4.90 Å². The first-order valence-corrected chi connectivity index (χ1v) is 8.55. The third-order valence-corrected chi connectivity index (χ3v) is 5.10. The normalized spacial score (nSPS) is 11.7. The number of aliphatic hydroxyl groups excluding tert-OH is 1. The lowest BCUT2D eigenvalue weighted by Gasteiger charge is -2.09. The highest BCUT2D eigenvalue weighted by molar-refractivity contribution is 7.99. The lowest BCUT2D eigenvalue weighted by Crippen LogP contribution is -2.26. The van der Waals surface area contributed by atoms with Gasteiger partial charge in [-0.15, -0.1) is 0 Å². The van der Waals surface area contributed by atoms with Gasteiger partial charge in [-0.2, -0.15) is 11.8 Å². The molecule has 1 aromatic carbocycles. The molecule has 0 saturated carbocycles. The minimum Gasteiger partial charge on any atom is -0.396 e. The molecule has 0 aliphatic carbocycles. The third-order valence-electron chi connectivity index (χ3n) is 2.41. The predicted octanol–water partition coefficient (Wildman–Crippen LogP) is 1.53. The predicted molar refractivity (Wildman–Crippen MR) is 75.4 cm³/mol. The van der Waals surface area contributed by atoms with Crippen LogP contribution >= 0.6 is 11.8 Å². The Morgan fingerprint density at radius 2 is 2.11 bits per heavy atom. The maximum atomic E-state index is 12.9. The van der Waals surface area contributed by atoms with Crippen molar-refractivity contribution in [3.8, 4) is 0 Å². The van der Waals surface area contributed by atoms with E-state index in [1.807, 2.05) is 0 Å². The number of hydrogen-bond acceptors (Lipinski definition) is 4. The SMILES string of the molecule is Cc1cc(F)ccc1S(=O)(=O)NCCSCCCO. The number of rotatable bonds is 8. The van der Waals surface area contributed by atoms with Gasteiger partial charge >= 0.3 is 0 Å². The van der Waals surface area contributed by atoms with E-state index in [0.717, 1.165) is 11.8 Å². The average molecular weight is 307 g/mol. The van der Waals surface area contributed by atoms with E-state index in [9.17, 15) is 12.8 Å². The van der Waals surface area contributed by atoms with Crippen molar-refractivity contribution in [1.29, 1.82) is 0 Å². The van der Waals surface area contributed by atoms with E-state index in [-0.39, 0.29) is 11.5 Å². The summed E-state index contributed by atoms with van der Waals surface area (Å²) in [6, 6.07) is 3.61. The summed E-state index contributed by atoms with van der Waals surface area (Å²) < 4.78 is 39.3. The highest BCUT2D eigenvalue weighted by atomic mass is 32.2. The van der Waals surface area contributed by atoms with E-state index in [4.69, 9.17) is 5.11 Å². The largest absolute Gasteiger partial charge is 0.396 e. The van der Waals surface area contributed by atoms with Gasteiger partial charge in [-0.05, 0) is 42.9 Å². The summed E-state index contributed by atoms with van der Waals surface area (Å²) in [6.07, 6.45) is 0.703. The van der Waals surface area contributed by atoms with Gasteiger partial charge in [0.1, 0.15) is 5.82 Å². The molecule has 0 heterocycles. The summed E-state index contributed by atoms with van der Waals surface area (Å²) >= 11 is 1.57. The van der Waals surface area contributed by atoms with Crippen molar-refractivity contribution in [2.45, 2.75) is 18.2 Å². The summed E-state index contributed by atoms with van der Waals surface area (Å²) in [5.41, 5.74) is 0.389. The number of benzene rings is 1. The van der Waals surface area contributed by atoms with Crippen LogP contribution in [-0.4, -0.2) is 38.2 Å². The van der Waals surface area contributed by atoms with Crippen LogP contribution in [0.25, 0.3) is 0 Å². The Hall–Kier alpha value is -0.630. The fraction of sp³-hybridized carbons (Fsp3) is 0.500. The number of aliphatic hydroxyl groups is 1. The molecule has 1 rings (SSSR count). The van der Waals surface area contributed by atoms with Crippen molar-refractivity contribution in [3.63, 3.8) is 0 Å². The molecule has 7 heteroatoms. The fourth-order valence-corrected chi connectivity index (χ4v) is 3.68. The van der Waals surface area contributed by atoms with Crippen molar-refractivity contribution in [2.75, 3.05) is 24.7 Å². The maximum Gasteiger partial charge on any atom is 0.240 e. The summed E-state index contributed by atoms with van der Waals surface area (Å²) in [5, 5.41) is 8.60. The first-order valence-electron chi connectivity index (χ1n) is 5.92. The number of thioether (sulfide) groups is 1. The lowest BCUT2D eigenvalue weighted by atomic mass is 10.2. The Morgan fingerprint density at radius 1 is 1.37 bits per heavy atom. The Balaban J connectivity index is 2.52. The van der Waals surface area contributed by atoms with Crippen molar-refractivity contribution >= 4 is 21.8 Å². The second-order valence-electron chi connectivity index (χ2n) is 4.00. The number of sulfonamides is 1. The van der Waals surface area contributed by atoms with Gasteiger partial charge in [0, 0.05) is 18.9 Å². The van der Waals surface area contributed by atoms with Gasteiger partial charge in [0.25, 0.3) is 0 Å². The lowest BCUT2D eigenvalue weighted by molar-refractivity contribution is 0.296. The molecule has 1 aromatic rings. The number of hydrogen-bond donors (Lipinski definition) is 2. The first kappa shape index (κ1) is 16.4. The van der Waals surface area contributed by atoms with Crippen LogP contribution in [-0.2, 0) is 10.0 Å². The van der Waals surface area contributed by atoms with Crippen LogP contribution in [0.3, 0.4) is 0 Å². The van der Waals surface area contributed by atoms with Crippen LogP contribution in [0.1, 0.15) is 12.0 Å². The zero-order valence-corrected chi connectivity index (χ0v) is 12.4. The van der Waals surface area contributed by atoms with Crippen LogP contribution in [0.4, 0.5) is 4.39 Å². The molecule has 0 aliphatic rings. The first-order chi connectivity index (χ1) is 8.97. The molecule has 19 heavy (non-hydrogen) atoms. The van der Waals surface area contributed by atoms with Crippen molar-refractivity contribution in [3.05, 3.63) is 29.6 Å². The van der Waals surface area contributed by atoms with Gasteiger partial charge in [-0.3, -0.25) is 0 Å². The molecule has 0 bridgehead atoms. The van der Waals surface area contributed by atoms with Crippen LogP contribution < -0.4 is 4.72 Å². The summed E-state index contributed by atoms with van der Waals surface area (Å²) in [4.78, 5) is 0.106. The molecule has 0 atom stereocenters. The van der Waals surface area contributed by atoms with Crippen molar-refractivity contribution < 1.29 is 17.9 Å². The molecule has 0 aliphatic heterocycles. The van der Waals surface area contributed by atoms with E-state index >= 15 is 0 Å². The summed E-state index contributed by atoms with van der Waals surface area (Å²) in [7, 11) is -3.58. The smallest absolute Gasteiger partial charge is 0.240 e. The molecule has 108 valence electrons. The molecule has 2 N–H and O–H groups in total. The maximum absolute atomic E-state index is 12.9. The fourth-order valence-electron chi connectivity index (χ4n) is 1.51. The van der Waals surface area contributed by atoms with E-state index in [0.29, 0.717) is 24.3 Å². The Morgan fingerprint density at radius 3 is 2.74 bits per heavy atom. The van der Waals surface area contributed by atoms with Gasteiger partial charge in [-0.25, -0.2) is 17.5 Å². The molecule has 0 radical (unpaired) electrons. The topological polar surface area (TPSA) is 66.4 Å². The molecular formula is C12H18FNO3S2. The second kappa shape index (κ2) is 7.84. The van der Waals surface area contributed by atoms with Crippen molar-refractivity contribution in [1.82, 2.24) is 4.72 Å². The minimum atomic E-state index is -3.58. The molecular weight excluding hydrogens is 289 g/mol. The molecule has 0 fully saturated rings. The molecule has 0 saturated heterocycles. The minimum absolute atomic E-state index is 0.106. The van der Waals surface area contributed by atoms with E-state index in [2.05, 4.69) is 4.72 Å². The average Bonchev–Trinajstić information content (AvgIpc) is 2.33. The Bertz CT molecular complexity index is 506. The highest BCUT2D eigenvalue weighted by Crippen LogP contribution is 2.15. The zero-order valence-electron chi connectivity index (χ0n) is 10.7. The third kappa shape index (κ3) is 5.48. The number of nitrogens with one attached hydrogen (secondary N) is 1. The Kier molecular flexibility index (Phi) is 6.78. The van der Waals surface area contributed by atoms with Crippen LogP contribution in [0.15, 0.2) is 23.1 Å². The molecule has 4 nitrogen and oxygen atoms in total. The van der Waals surface area contributed by atoms with Crippen LogP contribution in [0.5, 0.6) is 0 Å². The molecule has 0 spiro atoms. The molecule has 0 amide bonds. The number of aryl methyl sites for hydroxylation is 1. The van der Waals surface area contributed by atoms with E-state index < -0.39 is 15.8 Å². The van der Waals surface area contributed by atoms with Crippen LogP contribution in [0.2, 0.25) is 0 Å². The summed E-state index contributed by atoms with van der Waals surface area (Å²) in [6.45, 7) is 2.02. The molecule has 0 aromatic heterocycles. The second-order valence-corrected chi connectivity index (χ2v) is 6.96.